The van der Waals surface area contributed by atoms with Crippen molar-refractivity contribution in [3.05, 3.63) is 189 Å². The Morgan fingerprint density at radius 3 is 0.512 bits per heavy atom. The summed E-state index contributed by atoms with van der Waals surface area (Å²) >= 11 is 4.23. The standard InChI is InChI=1S/2C18H15P.CH3.HI.Pt/c2*1-4-10-16(11-5-1)19(17-12-6-2-7-13-17)18-14-8-3-9-15-18;;;/h2*1-15H;1H3;1H;/q;;-1;;+2/p-1. The molecule has 0 saturated carbocycles. The maximum atomic E-state index is 2.23. The first-order chi connectivity index (χ1) is 19.9. The molecule has 6 aromatic carbocycles. The Kier molecular flexibility index (Phi) is 15.3. The van der Waals surface area contributed by atoms with Crippen molar-refractivity contribution in [1.29, 1.82) is 0 Å². The van der Waals surface area contributed by atoms with Crippen LogP contribution in [0.3, 0.4) is 0 Å². The van der Waals surface area contributed by atoms with Crippen LogP contribution in [0, 0.1) is 7.43 Å². The summed E-state index contributed by atoms with van der Waals surface area (Å²) in [5.74, 6) is 0. The average Bonchev–Trinajstić information content (AvgIpc) is 3.06. The van der Waals surface area contributed by atoms with E-state index in [9.17, 15) is 0 Å². The Labute approximate surface area is 270 Å². The summed E-state index contributed by atoms with van der Waals surface area (Å²) in [5, 5.41) is 8.39. The molecule has 0 saturated heterocycles. The van der Waals surface area contributed by atoms with E-state index in [2.05, 4.69) is 217 Å². The molecular weight excluding hydrogens is 828 g/mol. The molecule has 0 spiro atoms. The molecule has 0 N–H and O–H groups in total. The Balaban J connectivity index is 0.000000208. The second-order valence-corrected chi connectivity index (χ2v) is 13.1. The van der Waals surface area contributed by atoms with Gasteiger partial charge in [-0.25, -0.2) is 0 Å². The van der Waals surface area contributed by atoms with E-state index >= 15 is 0 Å². The number of hydrogen-bond donors (Lipinski definition) is 0. The van der Waals surface area contributed by atoms with E-state index < -0.39 is 15.8 Å². The minimum atomic E-state index is -0.446. The molecule has 0 radical (unpaired) electrons. The Morgan fingerprint density at radius 2 is 0.390 bits per heavy atom. The van der Waals surface area contributed by atoms with Crippen molar-refractivity contribution in [3.63, 3.8) is 0 Å². The van der Waals surface area contributed by atoms with Crippen LogP contribution in [0.4, 0.5) is 0 Å². The molecule has 41 heavy (non-hydrogen) atoms. The van der Waals surface area contributed by atoms with E-state index in [1.807, 2.05) is 0 Å². The number of hydrogen-bond acceptors (Lipinski definition) is 0. The molecule has 6 aromatic rings. The van der Waals surface area contributed by atoms with E-state index in [-0.39, 0.29) is 7.43 Å². The van der Waals surface area contributed by atoms with Crippen LogP contribution in [0.15, 0.2) is 182 Å². The third-order valence-corrected chi connectivity index (χ3v) is 11.0. The molecule has 4 heteroatoms. The zero-order valence-electron chi connectivity index (χ0n) is 22.9. The van der Waals surface area contributed by atoms with E-state index in [1.54, 1.807) is 0 Å². The molecule has 0 heterocycles. The van der Waals surface area contributed by atoms with E-state index in [4.69, 9.17) is 0 Å². The molecule has 0 nitrogen and oxygen atoms in total. The minimum absolute atomic E-state index is 0. The molecular formula is C37H33IP2Pt. The monoisotopic (exact) mass is 861 g/mol. The summed E-state index contributed by atoms with van der Waals surface area (Å²) in [6.07, 6.45) is 0. The predicted molar refractivity (Wildman–Crippen MR) is 191 cm³/mol. The van der Waals surface area contributed by atoms with Gasteiger partial charge in [0.2, 0.25) is 0 Å². The summed E-state index contributed by atoms with van der Waals surface area (Å²) < 4.78 is 0. The van der Waals surface area contributed by atoms with Crippen molar-refractivity contribution in [2.24, 2.45) is 0 Å². The van der Waals surface area contributed by atoms with Gasteiger partial charge in [-0.2, -0.15) is 0 Å². The van der Waals surface area contributed by atoms with Crippen molar-refractivity contribution in [1.82, 2.24) is 0 Å². The van der Waals surface area contributed by atoms with Gasteiger partial charge in [0.05, 0.1) is 0 Å². The van der Waals surface area contributed by atoms with E-state index in [0.717, 1.165) is 0 Å². The third-order valence-electron chi connectivity index (χ3n) is 6.09. The first-order valence-electron chi connectivity index (χ1n) is 12.9. The molecule has 0 atom stereocenters. The first kappa shape index (κ1) is 33.1. The molecule has 0 bridgehead atoms. The normalized spacial score (nSPS) is 9.98. The predicted octanol–water partition coefficient (Wildman–Crippen LogP) is 8.22. The van der Waals surface area contributed by atoms with Gasteiger partial charge in [0.15, 0.2) is 0 Å². The van der Waals surface area contributed by atoms with Gasteiger partial charge in [0.1, 0.15) is 0 Å². The number of halogens is 1. The Bertz CT molecular complexity index is 1180. The number of rotatable bonds is 6. The van der Waals surface area contributed by atoms with Crippen LogP contribution in [0.1, 0.15) is 0 Å². The van der Waals surface area contributed by atoms with Crippen LogP contribution in [0.5, 0.6) is 0 Å². The molecule has 0 aromatic heterocycles. The molecule has 0 aliphatic rings. The summed E-state index contributed by atoms with van der Waals surface area (Å²) in [7, 11) is -0.892. The second kappa shape index (κ2) is 18.9. The average molecular weight is 862 g/mol. The van der Waals surface area contributed by atoms with Crippen LogP contribution < -0.4 is 31.8 Å². The van der Waals surface area contributed by atoms with Gasteiger partial charge in [-0.05, 0) is 47.7 Å². The van der Waals surface area contributed by atoms with E-state index in [0.29, 0.717) is 0 Å². The molecule has 208 valence electrons. The summed E-state index contributed by atoms with van der Waals surface area (Å²) in [4.78, 5) is 0. The molecule has 0 aliphatic carbocycles. The van der Waals surface area contributed by atoms with Gasteiger partial charge in [-0.15, -0.1) is 0 Å². The fraction of sp³-hybridized carbons (Fsp3) is 0. The van der Waals surface area contributed by atoms with Crippen LogP contribution >= 0.6 is 35.2 Å². The smallest absolute Gasteiger partial charge is 0.0134 e. The van der Waals surface area contributed by atoms with Crippen molar-refractivity contribution >= 4 is 67.0 Å². The second-order valence-electron chi connectivity index (χ2n) is 8.68. The topological polar surface area (TPSA) is 0 Å². The van der Waals surface area contributed by atoms with Crippen molar-refractivity contribution in [2.45, 2.75) is 0 Å². The minimum Gasteiger partial charge on any atom is -0.0622 e. The SMILES string of the molecule is [CH3-].[I][Pt+].c1ccc(P(c2ccccc2)c2ccccc2)cc1.c1ccc(P(c2ccccc2)c2ccccc2)cc1. The molecule has 0 amide bonds. The van der Waals surface area contributed by atoms with Crippen molar-refractivity contribution < 1.29 is 16.1 Å². The van der Waals surface area contributed by atoms with Gasteiger partial charge in [0, 0.05) is 0 Å². The molecule has 0 unspecified atom stereocenters. The van der Waals surface area contributed by atoms with Gasteiger partial charge < -0.3 is 7.43 Å². The quantitative estimate of drug-likeness (QED) is 0.0901. The van der Waals surface area contributed by atoms with Gasteiger partial charge in [0.25, 0.3) is 0 Å². The zero-order chi connectivity index (χ0) is 27.8. The molecule has 6 rings (SSSR count). The van der Waals surface area contributed by atoms with Gasteiger partial charge in [-0.3, -0.25) is 0 Å². The summed E-state index contributed by atoms with van der Waals surface area (Å²) in [6.45, 7) is 0. The fourth-order valence-electron chi connectivity index (χ4n) is 4.36. The van der Waals surface area contributed by atoms with Crippen LogP contribution in [0.25, 0.3) is 0 Å². The zero-order valence-corrected chi connectivity index (χ0v) is 29.1. The van der Waals surface area contributed by atoms with Gasteiger partial charge >= 0.3 is 35.5 Å². The molecule has 0 aliphatic heterocycles. The van der Waals surface area contributed by atoms with Crippen LogP contribution in [0.2, 0.25) is 0 Å². The number of benzene rings is 6. The van der Waals surface area contributed by atoms with Crippen molar-refractivity contribution in [2.75, 3.05) is 0 Å². The summed E-state index contributed by atoms with van der Waals surface area (Å²) in [5.41, 5.74) is 0. The Morgan fingerprint density at radius 1 is 0.268 bits per heavy atom. The third kappa shape index (κ3) is 9.84. The Hall–Kier alpha value is -2.40. The maximum Gasteiger partial charge on any atom is -0.0134 e. The van der Waals surface area contributed by atoms with Crippen molar-refractivity contribution in [3.8, 4) is 0 Å². The van der Waals surface area contributed by atoms with Gasteiger partial charge in [-0.1, -0.05) is 182 Å². The maximum absolute atomic E-state index is 2.23. The van der Waals surface area contributed by atoms with Crippen LogP contribution in [-0.2, 0) is 16.1 Å². The first-order valence-corrected chi connectivity index (χ1v) is 22.1. The largest absolute Gasteiger partial charge is 0.0622 e. The van der Waals surface area contributed by atoms with E-state index in [1.165, 1.54) is 31.8 Å². The fourth-order valence-corrected chi connectivity index (χ4v) is 8.97. The summed E-state index contributed by atoms with van der Waals surface area (Å²) in [6, 6.07) is 64.7. The molecule has 0 fully saturated rings. The van der Waals surface area contributed by atoms with Crippen LogP contribution in [-0.4, -0.2) is 0 Å².